The predicted molar refractivity (Wildman–Crippen MR) is 109 cm³/mol. The highest BCUT2D eigenvalue weighted by Crippen LogP contribution is 2.51. The number of benzene rings is 2. The van der Waals surface area contributed by atoms with Crippen molar-refractivity contribution in [2.75, 3.05) is 31.4 Å². The molecule has 0 saturated carbocycles. The maximum Gasteiger partial charge on any atom is 0.227 e. The van der Waals surface area contributed by atoms with Crippen molar-refractivity contribution in [2.24, 2.45) is 0 Å². The van der Waals surface area contributed by atoms with Gasteiger partial charge in [0.15, 0.2) is 11.5 Å². The van der Waals surface area contributed by atoms with Crippen molar-refractivity contribution < 1.29 is 14.2 Å². The van der Waals surface area contributed by atoms with Crippen LogP contribution in [-0.4, -0.2) is 19.2 Å². The van der Waals surface area contributed by atoms with E-state index in [9.17, 15) is 5.26 Å². The molecule has 0 amide bonds. The molecule has 0 fully saturated rings. The highest BCUT2D eigenvalue weighted by atomic mass is 16.5. The Balaban J connectivity index is 2.02. The highest BCUT2D eigenvalue weighted by Gasteiger charge is 2.34. The van der Waals surface area contributed by atoms with Crippen molar-refractivity contribution in [1.29, 1.82) is 5.26 Å². The fourth-order valence-electron chi connectivity index (χ4n) is 3.60. The van der Waals surface area contributed by atoms with Crippen LogP contribution in [-0.2, 0) is 0 Å². The van der Waals surface area contributed by atoms with Gasteiger partial charge in [-0.25, -0.2) is 0 Å². The Kier molecular flexibility index (Phi) is 4.28. The van der Waals surface area contributed by atoms with Crippen LogP contribution in [0.5, 0.6) is 23.1 Å². The Morgan fingerprint density at radius 1 is 1.03 bits per heavy atom. The van der Waals surface area contributed by atoms with Crippen LogP contribution in [0.1, 0.15) is 28.2 Å². The summed E-state index contributed by atoms with van der Waals surface area (Å²) in [5.74, 6) is 1.61. The number of fused-ring (bicyclic) bond motifs is 2. The zero-order valence-corrected chi connectivity index (χ0v) is 15.9. The molecule has 4 rings (SSSR count). The van der Waals surface area contributed by atoms with Crippen LogP contribution >= 0.6 is 0 Å². The average molecular weight is 389 g/mol. The Morgan fingerprint density at radius 3 is 2.48 bits per heavy atom. The number of nitrogens with two attached hydrogens (primary N) is 3. The second-order valence-corrected chi connectivity index (χ2v) is 6.56. The van der Waals surface area contributed by atoms with Crippen molar-refractivity contribution in [3.63, 3.8) is 0 Å². The van der Waals surface area contributed by atoms with Crippen LogP contribution in [0, 0.1) is 11.3 Å². The molecule has 1 aliphatic rings. The lowest BCUT2D eigenvalue weighted by molar-refractivity contribution is 0.354. The third-order valence-electron chi connectivity index (χ3n) is 4.96. The normalized spacial score (nSPS) is 14.2. The van der Waals surface area contributed by atoms with Gasteiger partial charge in [-0.3, -0.25) is 0 Å². The van der Waals surface area contributed by atoms with E-state index < -0.39 is 0 Å². The van der Waals surface area contributed by atoms with Crippen molar-refractivity contribution >= 4 is 17.2 Å². The van der Waals surface area contributed by atoms with E-state index in [0.717, 1.165) is 11.1 Å². The molecule has 1 atom stereocenters. The molecule has 0 radical (unpaired) electrons. The number of nitrogen functional groups attached to an aromatic ring is 3. The van der Waals surface area contributed by atoms with Crippen LogP contribution in [0.3, 0.4) is 0 Å². The summed E-state index contributed by atoms with van der Waals surface area (Å²) in [6, 6.07) is 13.0. The van der Waals surface area contributed by atoms with E-state index in [4.69, 9.17) is 31.4 Å². The molecule has 2 aromatic carbocycles. The van der Waals surface area contributed by atoms with E-state index in [1.165, 1.54) is 0 Å². The first kappa shape index (κ1) is 18.3. The monoisotopic (exact) mass is 389 g/mol. The first-order chi connectivity index (χ1) is 14.0. The average Bonchev–Trinajstić information content (AvgIpc) is 2.71. The minimum absolute atomic E-state index is 0.0159. The van der Waals surface area contributed by atoms with Crippen LogP contribution in [0.25, 0.3) is 0 Å². The summed E-state index contributed by atoms with van der Waals surface area (Å²) < 4.78 is 16.8. The minimum atomic E-state index is -0.366. The summed E-state index contributed by atoms with van der Waals surface area (Å²) in [7, 11) is 3.14. The molecule has 0 bridgehead atoms. The fourth-order valence-corrected chi connectivity index (χ4v) is 3.60. The van der Waals surface area contributed by atoms with Gasteiger partial charge in [0.25, 0.3) is 0 Å². The summed E-state index contributed by atoms with van der Waals surface area (Å²) in [6.45, 7) is 0. The number of hydrogen-bond acceptors (Lipinski definition) is 8. The zero-order valence-electron chi connectivity index (χ0n) is 15.9. The molecule has 0 aliphatic carbocycles. The summed E-state index contributed by atoms with van der Waals surface area (Å²) in [6.07, 6.45) is 0. The van der Waals surface area contributed by atoms with Gasteiger partial charge in [-0.2, -0.15) is 10.2 Å². The van der Waals surface area contributed by atoms with Gasteiger partial charge in [-0.15, -0.1) is 0 Å². The largest absolute Gasteiger partial charge is 0.493 e. The third kappa shape index (κ3) is 2.80. The minimum Gasteiger partial charge on any atom is -0.493 e. The van der Waals surface area contributed by atoms with Crippen molar-refractivity contribution in [1.82, 2.24) is 4.98 Å². The fraction of sp³-hybridized carbons (Fsp3) is 0.143. The predicted octanol–water partition coefficient (Wildman–Crippen LogP) is 3.00. The molecule has 146 valence electrons. The van der Waals surface area contributed by atoms with E-state index >= 15 is 0 Å². The van der Waals surface area contributed by atoms with Gasteiger partial charge >= 0.3 is 0 Å². The number of nitriles is 1. The van der Waals surface area contributed by atoms with Gasteiger partial charge in [0.05, 0.1) is 25.5 Å². The standard InChI is InChI=1S/C21H19N5O3/c1-27-14-6-3-10(7-16(14)28-2)17-12-5-4-11(23)8-15(12)29-21-18(17)19(24)13(9-22)20(25)26-21/h3-8,17H,23H2,1-2H3,(H4,24,25,26). The van der Waals surface area contributed by atoms with Gasteiger partial charge in [0.2, 0.25) is 5.88 Å². The molecule has 1 aliphatic heterocycles. The number of rotatable bonds is 3. The number of anilines is 3. The second kappa shape index (κ2) is 6.80. The summed E-state index contributed by atoms with van der Waals surface area (Å²) in [5.41, 5.74) is 21.4. The summed E-state index contributed by atoms with van der Waals surface area (Å²) in [4.78, 5) is 4.28. The maximum atomic E-state index is 9.50. The number of nitrogens with zero attached hydrogens (tertiary/aromatic N) is 2. The number of methoxy groups -OCH3 is 2. The van der Waals surface area contributed by atoms with E-state index in [1.54, 1.807) is 26.4 Å². The van der Waals surface area contributed by atoms with Crippen molar-refractivity contribution in [3.05, 3.63) is 58.7 Å². The molecular weight excluding hydrogens is 370 g/mol. The molecule has 3 aromatic rings. The first-order valence-corrected chi connectivity index (χ1v) is 8.76. The topological polar surface area (TPSA) is 142 Å². The zero-order chi connectivity index (χ0) is 20.7. The second-order valence-electron chi connectivity index (χ2n) is 6.56. The Morgan fingerprint density at radius 2 is 1.79 bits per heavy atom. The van der Waals surface area contributed by atoms with Crippen LogP contribution in [0.15, 0.2) is 36.4 Å². The smallest absolute Gasteiger partial charge is 0.227 e. The molecule has 2 heterocycles. The van der Waals surface area contributed by atoms with Crippen molar-refractivity contribution in [3.8, 4) is 29.2 Å². The number of pyridine rings is 1. The Bertz CT molecular complexity index is 1170. The van der Waals surface area contributed by atoms with Gasteiger partial charge < -0.3 is 31.4 Å². The third-order valence-corrected chi connectivity index (χ3v) is 4.96. The Hall–Kier alpha value is -4.12. The lowest BCUT2D eigenvalue weighted by Gasteiger charge is -2.30. The van der Waals surface area contributed by atoms with Gasteiger partial charge in [0.1, 0.15) is 23.2 Å². The van der Waals surface area contributed by atoms with Gasteiger partial charge in [0, 0.05) is 23.2 Å². The molecule has 8 nitrogen and oxygen atoms in total. The quantitative estimate of drug-likeness (QED) is 0.454. The molecule has 8 heteroatoms. The lowest BCUT2D eigenvalue weighted by atomic mass is 9.82. The van der Waals surface area contributed by atoms with Crippen LogP contribution < -0.4 is 31.4 Å². The molecule has 1 aromatic heterocycles. The Labute approximate surface area is 167 Å². The number of aromatic nitrogens is 1. The summed E-state index contributed by atoms with van der Waals surface area (Å²) in [5, 5.41) is 9.50. The SMILES string of the molecule is COc1ccc(C2c3ccc(N)cc3Oc3nc(N)c(C#N)c(N)c32)cc1OC. The van der Waals surface area contributed by atoms with Gasteiger partial charge in [-0.05, 0) is 23.8 Å². The summed E-state index contributed by atoms with van der Waals surface area (Å²) >= 11 is 0. The maximum absolute atomic E-state index is 9.50. The van der Waals surface area contributed by atoms with E-state index in [1.807, 2.05) is 30.3 Å². The van der Waals surface area contributed by atoms with Crippen LogP contribution in [0.4, 0.5) is 17.2 Å². The molecule has 1 unspecified atom stereocenters. The molecule has 29 heavy (non-hydrogen) atoms. The van der Waals surface area contributed by atoms with Crippen molar-refractivity contribution in [2.45, 2.75) is 5.92 Å². The lowest BCUT2D eigenvalue weighted by Crippen LogP contribution is -2.17. The van der Waals surface area contributed by atoms with E-state index in [0.29, 0.717) is 28.5 Å². The molecule has 0 saturated heterocycles. The first-order valence-electron chi connectivity index (χ1n) is 8.76. The number of hydrogen-bond donors (Lipinski definition) is 3. The van der Waals surface area contributed by atoms with E-state index in [-0.39, 0.29) is 28.9 Å². The van der Waals surface area contributed by atoms with Gasteiger partial charge in [-0.1, -0.05) is 12.1 Å². The highest BCUT2D eigenvalue weighted by molar-refractivity contribution is 5.76. The van der Waals surface area contributed by atoms with Crippen LogP contribution in [0.2, 0.25) is 0 Å². The number of ether oxygens (including phenoxy) is 3. The van der Waals surface area contributed by atoms with E-state index in [2.05, 4.69) is 4.98 Å². The molecule has 6 N–H and O–H groups in total. The molecular formula is C21H19N5O3. The molecule has 0 spiro atoms.